The molecule has 2 aromatic carbocycles. The van der Waals surface area contributed by atoms with Gasteiger partial charge in [-0.1, -0.05) is 84.9 Å². The summed E-state index contributed by atoms with van der Waals surface area (Å²) in [5.41, 5.74) is 7.51. The molecule has 0 unspecified atom stereocenters. The van der Waals surface area contributed by atoms with Gasteiger partial charge in [-0.15, -0.1) is 22.7 Å². The summed E-state index contributed by atoms with van der Waals surface area (Å²) in [5, 5.41) is 0. The van der Waals surface area contributed by atoms with E-state index in [1.165, 1.54) is 55.3 Å². The predicted molar refractivity (Wildman–Crippen MR) is 176 cm³/mol. The van der Waals surface area contributed by atoms with Crippen molar-refractivity contribution in [2.24, 2.45) is 0 Å². The molecule has 2 amide bonds. The maximum atomic E-state index is 12.0. The van der Waals surface area contributed by atoms with Crippen molar-refractivity contribution < 1.29 is 9.59 Å². The lowest BCUT2D eigenvalue weighted by molar-refractivity contribution is -0.127. The average molecular weight is 636 g/mol. The number of hydrogen-bond donors (Lipinski definition) is 0. The van der Waals surface area contributed by atoms with Gasteiger partial charge in [0.2, 0.25) is 11.8 Å². The second-order valence-electron chi connectivity index (χ2n) is 10.5. The zero-order valence-electron chi connectivity index (χ0n) is 23.6. The van der Waals surface area contributed by atoms with Gasteiger partial charge in [0.25, 0.3) is 0 Å². The van der Waals surface area contributed by atoms with E-state index >= 15 is 0 Å². The molecule has 4 heterocycles. The first-order valence-electron chi connectivity index (χ1n) is 13.7. The highest BCUT2D eigenvalue weighted by Crippen LogP contribution is 2.42. The highest BCUT2D eigenvalue weighted by molar-refractivity contribution is 7.16. The van der Waals surface area contributed by atoms with Gasteiger partial charge in [-0.3, -0.25) is 9.59 Å². The summed E-state index contributed by atoms with van der Waals surface area (Å²) in [5.74, 6) is 0.317. The number of aryl methyl sites for hydroxylation is 2. The third-order valence-corrected chi connectivity index (χ3v) is 10.5. The van der Waals surface area contributed by atoms with Crippen LogP contribution in [0.2, 0.25) is 8.67 Å². The Bertz CT molecular complexity index is 1530. The van der Waals surface area contributed by atoms with Gasteiger partial charge in [-0.05, 0) is 71.5 Å². The van der Waals surface area contributed by atoms with Gasteiger partial charge in [-0.2, -0.15) is 0 Å². The molecule has 0 N–H and O–H groups in total. The molecule has 0 saturated heterocycles. The molecule has 0 bridgehead atoms. The molecular weight excluding hydrogens is 603 g/mol. The van der Waals surface area contributed by atoms with E-state index in [1.54, 1.807) is 22.7 Å². The van der Waals surface area contributed by atoms with Gasteiger partial charge >= 0.3 is 0 Å². The van der Waals surface area contributed by atoms with E-state index in [0.717, 1.165) is 8.67 Å². The third kappa shape index (κ3) is 6.28. The Labute approximate surface area is 265 Å². The van der Waals surface area contributed by atoms with Crippen LogP contribution in [0.5, 0.6) is 0 Å². The summed E-state index contributed by atoms with van der Waals surface area (Å²) >= 11 is 15.5. The van der Waals surface area contributed by atoms with Crippen LogP contribution in [0.15, 0.2) is 86.0 Å². The van der Waals surface area contributed by atoms with Gasteiger partial charge in [0.1, 0.15) is 0 Å². The van der Waals surface area contributed by atoms with Crippen molar-refractivity contribution in [1.29, 1.82) is 0 Å². The minimum Gasteiger partial charge on any atom is -0.333 e. The highest BCUT2D eigenvalue weighted by Gasteiger charge is 2.32. The van der Waals surface area contributed by atoms with Crippen molar-refractivity contribution in [2.75, 3.05) is 13.1 Å². The number of fused-ring (bicyclic) bond motifs is 2. The van der Waals surface area contributed by atoms with Crippen LogP contribution in [0.3, 0.4) is 0 Å². The molecule has 4 nitrogen and oxygen atoms in total. The third-order valence-electron chi connectivity index (χ3n) is 7.95. The van der Waals surface area contributed by atoms with Crippen molar-refractivity contribution in [3.05, 3.63) is 138 Å². The second kappa shape index (κ2) is 13.0. The Morgan fingerprint density at radius 1 is 0.714 bits per heavy atom. The molecule has 2 aromatic heterocycles. The lowest BCUT2D eigenvalue weighted by Gasteiger charge is -2.33. The average Bonchev–Trinajstić information content (AvgIpc) is 3.56. The van der Waals surface area contributed by atoms with E-state index < -0.39 is 0 Å². The largest absolute Gasteiger partial charge is 0.333 e. The number of benzene rings is 2. The molecule has 0 spiro atoms. The Balaban J connectivity index is 0.000000168. The molecule has 2 atom stereocenters. The fourth-order valence-corrected chi connectivity index (χ4v) is 8.56. The molecule has 0 radical (unpaired) electrons. The zero-order valence-corrected chi connectivity index (χ0v) is 26.8. The smallest absolute Gasteiger partial charge is 0.246 e. The summed E-state index contributed by atoms with van der Waals surface area (Å²) in [4.78, 5) is 30.1. The van der Waals surface area contributed by atoms with Crippen LogP contribution in [-0.2, 0) is 22.7 Å². The minimum absolute atomic E-state index is 0.0243. The van der Waals surface area contributed by atoms with Gasteiger partial charge in [0.15, 0.2) is 0 Å². The zero-order chi connectivity index (χ0) is 30.0. The number of halogens is 2. The van der Waals surface area contributed by atoms with Gasteiger partial charge < -0.3 is 9.80 Å². The first kappa shape index (κ1) is 30.3. The fourth-order valence-electron chi connectivity index (χ4n) is 5.85. The molecule has 216 valence electrons. The van der Waals surface area contributed by atoms with Crippen molar-refractivity contribution in [2.45, 2.75) is 38.8 Å². The summed E-state index contributed by atoms with van der Waals surface area (Å²) in [6.45, 7) is 14.0. The van der Waals surface area contributed by atoms with Gasteiger partial charge in [0, 0.05) is 34.7 Å². The number of thiophene rings is 2. The fraction of sp³-hybridized carbons (Fsp3) is 0.235. The van der Waals surface area contributed by atoms with E-state index in [0.29, 0.717) is 26.2 Å². The van der Waals surface area contributed by atoms with Crippen LogP contribution >= 0.6 is 45.9 Å². The minimum atomic E-state index is -0.0243. The van der Waals surface area contributed by atoms with Crippen LogP contribution in [0, 0.1) is 13.8 Å². The van der Waals surface area contributed by atoms with Crippen molar-refractivity contribution in [3.8, 4) is 0 Å². The van der Waals surface area contributed by atoms with Crippen molar-refractivity contribution in [1.82, 2.24) is 9.80 Å². The molecule has 0 saturated carbocycles. The van der Waals surface area contributed by atoms with Gasteiger partial charge in [0.05, 0.1) is 21.8 Å². The number of amides is 2. The Hall–Kier alpha value is -3.16. The molecule has 2 aliphatic rings. The van der Waals surface area contributed by atoms with E-state index in [-0.39, 0.29) is 23.7 Å². The van der Waals surface area contributed by atoms with Gasteiger partial charge in [-0.25, -0.2) is 0 Å². The molecule has 0 fully saturated rings. The van der Waals surface area contributed by atoms with Crippen molar-refractivity contribution in [3.63, 3.8) is 0 Å². The Morgan fingerprint density at radius 2 is 1.10 bits per heavy atom. The number of rotatable bonds is 4. The first-order valence-corrected chi connectivity index (χ1v) is 16.1. The number of carbonyl (C=O) groups excluding carboxylic acids is 2. The molecular formula is C34H32Cl2N2O2S2. The lowest BCUT2D eigenvalue weighted by atomic mass is 9.86. The normalized spacial score (nSPS) is 17.4. The molecule has 6 rings (SSSR count). The van der Waals surface area contributed by atoms with Crippen LogP contribution in [0.1, 0.15) is 55.0 Å². The second-order valence-corrected chi connectivity index (χ2v) is 14.1. The Kier molecular flexibility index (Phi) is 9.38. The van der Waals surface area contributed by atoms with Crippen LogP contribution in [-0.4, -0.2) is 34.7 Å². The van der Waals surface area contributed by atoms with Crippen LogP contribution < -0.4 is 0 Å². The standard InChI is InChI=1S/2C17H16ClNOS/c2*1-3-17(20)19-9-14(12-7-5-4-6-11(12)2)13-8-16(18)21-15(13)10-19/h2*3-8,14H,1,9-10H2,2H3/t2*14-/m10/s1. The Morgan fingerprint density at radius 3 is 1.45 bits per heavy atom. The first-order chi connectivity index (χ1) is 20.2. The predicted octanol–water partition coefficient (Wildman–Crippen LogP) is 8.74. The van der Waals surface area contributed by atoms with Crippen LogP contribution in [0.25, 0.3) is 0 Å². The quantitative estimate of drug-likeness (QED) is 0.211. The van der Waals surface area contributed by atoms with E-state index in [9.17, 15) is 9.59 Å². The van der Waals surface area contributed by atoms with Crippen molar-refractivity contribution >= 4 is 57.7 Å². The summed E-state index contributed by atoms with van der Waals surface area (Å²) in [6, 6.07) is 20.8. The molecule has 4 aromatic rings. The van der Waals surface area contributed by atoms with Crippen LogP contribution in [0.4, 0.5) is 0 Å². The summed E-state index contributed by atoms with van der Waals surface area (Å²) in [6.07, 6.45) is 2.77. The maximum Gasteiger partial charge on any atom is 0.246 e. The SMILES string of the molecule is C=CC(=O)N1Cc2sc(Cl)cc2[C@@H](c2ccccc2C)C1.C=CC(=O)N1Cc2sc(Cl)cc2[C@H](c2ccccc2C)C1. The highest BCUT2D eigenvalue weighted by atomic mass is 35.5. The van der Waals surface area contributed by atoms with E-state index in [2.05, 4.69) is 51.3 Å². The molecule has 8 heteroatoms. The topological polar surface area (TPSA) is 40.6 Å². The maximum absolute atomic E-state index is 12.0. The summed E-state index contributed by atoms with van der Waals surface area (Å²) < 4.78 is 1.57. The number of carbonyl (C=O) groups is 2. The van der Waals surface area contributed by atoms with E-state index in [4.69, 9.17) is 23.2 Å². The molecule has 0 aliphatic carbocycles. The molecule has 42 heavy (non-hydrogen) atoms. The molecule has 2 aliphatic heterocycles. The lowest BCUT2D eigenvalue weighted by Crippen LogP contribution is -2.37. The monoisotopic (exact) mass is 634 g/mol. The number of hydrogen-bond acceptors (Lipinski definition) is 4. The summed E-state index contributed by atoms with van der Waals surface area (Å²) in [7, 11) is 0. The number of nitrogens with zero attached hydrogens (tertiary/aromatic N) is 2. The van der Waals surface area contributed by atoms with E-state index in [1.807, 2.05) is 46.2 Å².